The van der Waals surface area contributed by atoms with Gasteiger partial charge in [0.15, 0.2) is 16.6 Å². The Labute approximate surface area is 211 Å². The summed E-state index contributed by atoms with van der Waals surface area (Å²) in [5.74, 6) is -0.0416. The van der Waals surface area contributed by atoms with E-state index in [2.05, 4.69) is 0 Å². The van der Waals surface area contributed by atoms with Crippen LogP contribution in [0.3, 0.4) is 0 Å². The average Bonchev–Trinajstić information content (AvgIpc) is 3.03. The number of Topliss-reactive ketones (excluding diaryl/α,β-unsaturated/α-hetero) is 1. The highest BCUT2D eigenvalue weighted by molar-refractivity contribution is 6.20. The molecule has 6 heteroatoms. The van der Waals surface area contributed by atoms with E-state index in [1.54, 1.807) is 0 Å². The van der Waals surface area contributed by atoms with Gasteiger partial charge in [0.25, 0.3) is 0 Å². The molecule has 3 heterocycles. The normalized spacial score (nSPS) is 13.4. The summed E-state index contributed by atoms with van der Waals surface area (Å²) in [6.07, 6.45) is 0.0880. The fraction of sp³-hybridized carbons (Fsp3) is 0.129. The van der Waals surface area contributed by atoms with E-state index < -0.39 is 0 Å². The first-order valence-corrected chi connectivity index (χ1v) is 12.2. The molecule has 180 valence electrons. The molecule has 0 N–H and O–H groups in total. The SMILES string of the molecule is CN1c2ccccc2C(=O)Cc2c1c1c(=O)c3ccccc3n(C)c1c1c(=O)c3ccccc3n(C)c21. The Balaban J connectivity index is 1.87. The molecule has 37 heavy (non-hydrogen) atoms. The third-order valence-corrected chi connectivity index (χ3v) is 7.90. The molecular formula is C31H23N3O3. The Morgan fingerprint density at radius 3 is 1.84 bits per heavy atom. The number of pyridine rings is 2. The first-order chi connectivity index (χ1) is 17.9. The molecule has 0 fully saturated rings. The molecule has 1 aliphatic heterocycles. The Bertz CT molecular complexity index is 2120. The van der Waals surface area contributed by atoms with Crippen LogP contribution < -0.4 is 15.8 Å². The van der Waals surface area contributed by atoms with Crippen molar-refractivity contribution >= 4 is 60.8 Å². The summed E-state index contributed by atoms with van der Waals surface area (Å²) in [4.78, 5) is 44.0. The predicted octanol–water partition coefficient (Wildman–Crippen LogP) is 5.20. The van der Waals surface area contributed by atoms with E-state index >= 15 is 0 Å². The van der Waals surface area contributed by atoms with E-state index in [-0.39, 0.29) is 23.1 Å². The van der Waals surface area contributed by atoms with E-state index in [0.717, 1.165) is 16.7 Å². The van der Waals surface area contributed by atoms with Crippen LogP contribution in [0, 0.1) is 0 Å². The number of para-hydroxylation sites is 3. The second-order valence-corrected chi connectivity index (χ2v) is 9.76. The minimum absolute atomic E-state index is 0.0416. The highest BCUT2D eigenvalue weighted by Crippen LogP contribution is 2.43. The van der Waals surface area contributed by atoms with Crippen LogP contribution in [-0.4, -0.2) is 22.0 Å². The van der Waals surface area contributed by atoms with Gasteiger partial charge in [-0.05, 0) is 36.4 Å². The molecule has 0 spiro atoms. The number of fused-ring (bicyclic) bond motifs is 9. The molecule has 6 aromatic rings. The van der Waals surface area contributed by atoms with Crippen molar-refractivity contribution in [3.05, 3.63) is 104 Å². The number of carbonyl (C=O) groups excluding carboxylic acids is 1. The lowest BCUT2D eigenvalue weighted by Crippen LogP contribution is -2.21. The summed E-state index contributed by atoms with van der Waals surface area (Å²) in [6, 6.07) is 22.5. The molecule has 0 atom stereocenters. The lowest BCUT2D eigenvalue weighted by molar-refractivity contribution is 0.0994. The molecule has 0 bridgehead atoms. The quantitative estimate of drug-likeness (QED) is 0.219. The Morgan fingerprint density at radius 2 is 1.16 bits per heavy atom. The van der Waals surface area contributed by atoms with E-state index in [1.165, 1.54) is 0 Å². The Morgan fingerprint density at radius 1 is 0.622 bits per heavy atom. The van der Waals surface area contributed by atoms with Crippen molar-refractivity contribution in [2.45, 2.75) is 6.42 Å². The maximum absolute atomic E-state index is 14.2. The Hall–Kier alpha value is -4.71. The molecule has 0 aliphatic carbocycles. The van der Waals surface area contributed by atoms with Gasteiger partial charge in [0.05, 0.1) is 44.2 Å². The van der Waals surface area contributed by atoms with Gasteiger partial charge in [0.2, 0.25) is 0 Å². The lowest BCUT2D eigenvalue weighted by atomic mass is 9.94. The van der Waals surface area contributed by atoms with Crippen LogP contribution in [0.25, 0.3) is 43.6 Å². The number of ketones is 1. The van der Waals surface area contributed by atoms with Crippen LogP contribution in [-0.2, 0) is 20.5 Å². The summed E-state index contributed by atoms with van der Waals surface area (Å²) >= 11 is 0. The summed E-state index contributed by atoms with van der Waals surface area (Å²) < 4.78 is 3.96. The molecule has 0 radical (unpaired) electrons. The monoisotopic (exact) mass is 485 g/mol. The Kier molecular flexibility index (Phi) is 4.31. The van der Waals surface area contributed by atoms with Crippen LogP contribution >= 0.6 is 0 Å². The number of anilines is 2. The highest BCUT2D eigenvalue weighted by atomic mass is 16.1. The first-order valence-electron chi connectivity index (χ1n) is 12.2. The summed E-state index contributed by atoms with van der Waals surface area (Å²) in [7, 11) is 5.73. The second kappa shape index (κ2) is 7.40. The van der Waals surface area contributed by atoms with E-state index in [9.17, 15) is 14.4 Å². The molecule has 0 unspecified atom stereocenters. The predicted molar refractivity (Wildman–Crippen MR) is 149 cm³/mol. The topological polar surface area (TPSA) is 64.3 Å². The van der Waals surface area contributed by atoms with E-state index in [1.807, 2.05) is 108 Å². The zero-order chi connectivity index (χ0) is 25.6. The smallest absolute Gasteiger partial charge is 0.199 e. The van der Waals surface area contributed by atoms with Gasteiger partial charge < -0.3 is 14.0 Å². The molecular weight excluding hydrogens is 462 g/mol. The summed E-state index contributed by atoms with van der Waals surface area (Å²) in [5, 5.41) is 2.08. The minimum atomic E-state index is -0.143. The number of aromatic nitrogens is 2. The highest BCUT2D eigenvalue weighted by Gasteiger charge is 2.31. The summed E-state index contributed by atoms with van der Waals surface area (Å²) in [5.41, 5.74) is 5.25. The van der Waals surface area contributed by atoms with Gasteiger partial charge in [-0.15, -0.1) is 0 Å². The number of carbonyl (C=O) groups is 1. The maximum atomic E-state index is 14.2. The number of nitrogens with zero attached hydrogens (tertiary/aromatic N) is 3. The van der Waals surface area contributed by atoms with Crippen LogP contribution in [0.2, 0.25) is 0 Å². The van der Waals surface area contributed by atoms with Crippen molar-refractivity contribution in [1.29, 1.82) is 0 Å². The standard InChI is InChI=1S/C31H23N3O3/c1-32-21-13-7-4-10-17(21)24(35)16-20-27(32)25-29(34(3)23-15-9-6-12-19(23)31(25)37)26-28(20)33(2)22-14-8-5-11-18(22)30(26)36/h4-15H,16H2,1-3H3. The number of benzene rings is 4. The molecule has 1 aliphatic rings. The number of aryl methyl sites for hydroxylation is 2. The number of hydrogen-bond donors (Lipinski definition) is 0. The van der Waals surface area contributed by atoms with Gasteiger partial charge >= 0.3 is 0 Å². The largest absolute Gasteiger partial charge is 0.343 e. The zero-order valence-corrected chi connectivity index (χ0v) is 20.7. The van der Waals surface area contributed by atoms with Gasteiger partial charge in [-0.3, -0.25) is 14.4 Å². The van der Waals surface area contributed by atoms with Gasteiger partial charge in [0, 0.05) is 49.5 Å². The average molecular weight is 486 g/mol. The minimum Gasteiger partial charge on any atom is -0.343 e. The molecule has 2 aromatic heterocycles. The van der Waals surface area contributed by atoms with Crippen molar-refractivity contribution < 1.29 is 4.79 Å². The zero-order valence-electron chi connectivity index (χ0n) is 20.7. The van der Waals surface area contributed by atoms with Gasteiger partial charge in [-0.25, -0.2) is 0 Å². The van der Waals surface area contributed by atoms with Gasteiger partial charge in [0.1, 0.15) is 0 Å². The maximum Gasteiger partial charge on any atom is 0.199 e. The van der Waals surface area contributed by atoms with Crippen LogP contribution in [0.1, 0.15) is 15.9 Å². The molecule has 7 rings (SSSR count). The van der Waals surface area contributed by atoms with Crippen LogP contribution in [0.4, 0.5) is 11.4 Å². The molecule has 0 saturated heterocycles. The third kappa shape index (κ3) is 2.67. The fourth-order valence-electron chi connectivity index (χ4n) is 6.24. The van der Waals surface area contributed by atoms with E-state index in [4.69, 9.17) is 0 Å². The second-order valence-electron chi connectivity index (χ2n) is 9.76. The summed E-state index contributed by atoms with van der Waals surface area (Å²) in [6.45, 7) is 0. The van der Waals surface area contributed by atoms with Crippen LogP contribution in [0.15, 0.2) is 82.4 Å². The van der Waals surface area contributed by atoms with Crippen molar-refractivity contribution in [3.63, 3.8) is 0 Å². The van der Waals surface area contributed by atoms with E-state index in [0.29, 0.717) is 49.4 Å². The molecule has 0 amide bonds. The third-order valence-electron chi connectivity index (χ3n) is 7.90. The van der Waals surface area contributed by atoms with Crippen molar-refractivity contribution in [2.75, 3.05) is 11.9 Å². The first kappa shape index (κ1) is 21.6. The van der Waals surface area contributed by atoms with Crippen molar-refractivity contribution in [1.82, 2.24) is 9.13 Å². The van der Waals surface area contributed by atoms with Crippen molar-refractivity contribution in [2.24, 2.45) is 14.1 Å². The molecule has 4 aromatic carbocycles. The van der Waals surface area contributed by atoms with Gasteiger partial charge in [-0.2, -0.15) is 0 Å². The molecule has 0 saturated carbocycles. The fourth-order valence-corrected chi connectivity index (χ4v) is 6.24. The van der Waals surface area contributed by atoms with Crippen molar-refractivity contribution in [3.8, 4) is 0 Å². The number of rotatable bonds is 0. The van der Waals surface area contributed by atoms with Crippen LogP contribution in [0.5, 0.6) is 0 Å². The number of hydrogen-bond acceptors (Lipinski definition) is 4. The van der Waals surface area contributed by atoms with Gasteiger partial charge in [-0.1, -0.05) is 36.4 Å². The molecule has 6 nitrogen and oxygen atoms in total. The lowest BCUT2D eigenvalue weighted by Gasteiger charge is -2.26.